The van der Waals surface area contributed by atoms with Crippen molar-refractivity contribution in [2.45, 2.75) is 34.1 Å². The molecule has 0 saturated heterocycles. The van der Waals surface area contributed by atoms with Crippen LogP contribution in [0.2, 0.25) is 0 Å². The first-order valence-corrected chi connectivity index (χ1v) is 9.18. The van der Waals surface area contributed by atoms with Gasteiger partial charge in [0.2, 0.25) is 0 Å². The van der Waals surface area contributed by atoms with Crippen molar-refractivity contribution in [1.82, 2.24) is 4.98 Å². The lowest BCUT2D eigenvalue weighted by atomic mass is 9.95. The fraction of sp³-hybridized carbons (Fsp3) is 0.261. The molecule has 4 heteroatoms. The zero-order chi connectivity index (χ0) is 20.2. The second-order valence-corrected chi connectivity index (χ2v) is 5.02. The van der Waals surface area contributed by atoms with Crippen LogP contribution in [0.25, 0.3) is 22.2 Å². The van der Waals surface area contributed by atoms with E-state index in [1.165, 1.54) is 7.11 Å². The maximum absolute atomic E-state index is 12.3. The molecule has 0 spiro atoms. The van der Waals surface area contributed by atoms with Gasteiger partial charge in [-0.25, -0.2) is 9.78 Å². The van der Waals surface area contributed by atoms with Crippen molar-refractivity contribution in [1.29, 1.82) is 5.26 Å². The Morgan fingerprint density at radius 3 is 2.19 bits per heavy atom. The number of fused-ring (bicyclic) bond motifs is 1. The van der Waals surface area contributed by atoms with E-state index in [0.717, 1.165) is 5.56 Å². The number of methoxy groups -OCH3 is 1. The highest BCUT2D eigenvalue weighted by molar-refractivity contribution is 6.06. The number of aromatic nitrogens is 1. The maximum Gasteiger partial charge on any atom is 0.338 e. The molecule has 1 heterocycles. The van der Waals surface area contributed by atoms with Gasteiger partial charge in [-0.05, 0) is 6.07 Å². The number of rotatable bonds is 3. The Labute approximate surface area is 161 Å². The Morgan fingerprint density at radius 2 is 1.59 bits per heavy atom. The molecule has 0 N–H and O–H groups in total. The third-order valence-electron chi connectivity index (χ3n) is 3.69. The summed E-state index contributed by atoms with van der Waals surface area (Å²) in [7, 11) is 1.34. The van der Waals surface area contributed by atoms with Crippen molar-refractivity contribution in [2.75, 3.05) is 7.11 Å². The van der Waals surface area contributed by atoms with E-state index in [1.807, 2.05) is 82.3 Å². The van der Waals surface area contributed by atoms with Crippen LogP contribution < -0.4 is 0 Å². The minimum absolute atomic E-state index is 0.0898. The van der Waals surface area contributed by atoms with Crippen LogP contribution in [-0.2, 0) is 11.2 Å². The van der Waals surface area contributed by atoms with Gasteiger partial charge in [-0.1, -0.05) is 76.2 Å². The average molecular weight is 362 g/mol. The van der Waals surface area contributed by atoms with Gasteiger partial charge in [-0.15, -0.1) is 0 Å². The summed E-state index contributed by atoms with van der Waals surface area (Å²) in [6.45, 7) is 8.00. The molecular formula is C23H26N2O2. The van der Waals surface area contributed by atoms with Crippen LogP contribution in [0, 0.1) is 11.3 Å². The van der Waals surface area contributed by atoms with Crippen LogP contribution in [0.1, 0.15) is 43.6 Å². The first-order chi connectivity index (χ1) is 13.3. The standard InChI is InChI=1S/C19H14N2O2.2C2H6/c1-23-19(22)17-14-9-5-6-10-16(14)21-18(15(17)11-12-20)13-7-3-2-4-8-13;2*1-2/h2-10H,11H2,1H3;2*1-2H3. The van der Waals surface area contributed by atoms with E-state index in [-0.39, 0.29) is 6.42 Å². The van der Waals surface area contributed by atoms with Gasteiger partial charge in [0.25, 0.3) is 0 Å². The molecule has 0 atom stereocenters. The summed E-state index contributed by atoms with van der Waals surface area (Å²) in [5.74, 6) is -0.453. The van der Waals surface area contributed by atoms with Crippen molar-refractivity contribution >= 4 is 16.9 Å². The fourth-order valence-corrected chi connectivity index (χ4v) is 2.67. The molecule has 0 radical (unpaired) electrons. The van der Waals surface area contributed by atoms with E-state index in [1.54, 1.807) is 0 Å². The van der Waals surface area contributed by atoms with Crippen LogP contribution in [0.15, 0.2) is 54.6 Å². The molecule has 0 bridgehead atoms. The lowest BCUT2D eigenvalue weighted by Gasteiger charge is -2.14. The molecule has 0 aliphatic carbocycles. The molecular weight excluding hydrogens is 336 g/mol. The van der Waals surface area contributed by atoms with Gasteiger partial charge in [-0.2, -0.15) is 5.26 Å². The van der Waals surface area contributed by atoms with Crippen LogP contribution in [0.4, 0.5) is 0 Å². The third-order valence-corrected chi connectivity index (χ3v) is 3.69. The summed E-state index contributed by atoms with van der Waals surface area (Å²) >= 11 is 0. The molecule has 4 nitrogen and oxygen atoms in total. The monoisotopic (exact) mass is 362 g/mol. The smallest absolute Gasteiger partial charge is 0.338 e. The lowest BCUT2D eigenvalue weighted by Crippen LogP contribution is -2.09. The molecule has 0 amide bonds. The number of carbonyl (C=O) groups excluding carboxylic acids is 1. The van der Waals surface area contributed by atoms with Gasteiger partial charge in [0.15, 0.2) is 0 Å². The molecule has 0 saturated carbocycles. The van der Waals surface area contributed by atoms with E-state index in [4.69, 9.17) is 4.74 Å². The highest BCUT2D eigenvalue weighted by Gasteiger charge is 2.21. The number of pyridine rings is 1. The Kier molecular flexibility index (Phi) is 9.25. The summed E-state index contributed by atoms with van der Waals surface area (Å²) < 4.78 is 4.95. The summed E-state index contributed by atoms with van der Waals surface area (Å²) in [4.78, 5) is 17.0. The highest BCUT2D eigenvalue weighted by Crippen LogP contribution is 2.31. The second-order valence-electron chi connectivity index (χ2n) is 5.02. The second kappa shape index (κ2) is 11.4. The number of nitriles is 1. The van der Waals surface area contributed by atoms with Crippen molar-refractivity contribution < 1.29 is 9.53 Å². The molecule has 3 rings (SSSR count). The van der Waals surface area contributed by atoms with Crippen molar-refractivity contribution in [3.05, 3.63) is 65.7 Å². The van der Waals surface area contributed by atoms with E-state index in [2.05, 4.69) is 11.1 Å². The van der Waals surface area contributed by atoms with Crippen molar-refractivity contribution in [3.8, 4) is 17.3 Å². The minimum Gasteiger partial charge on any atom is -0.465 e. The molecule has 27 heavy (non-hydrogen) atoms. The molecule has 0 aliphatic rings. The largest absolute Gasteiger partial charge is 0.465 e. The Balaban J connectivity index is 0.000000855. The van der Waals surface area contributed by atoms with E-state index in [9.17, 15) is 10.1 Å². The summed E-state index contributed by atoms with van der Waals surface area (Å²) in [6.07, 6.45) is 0.0898. The quantitative estimate of drug-likeness (QED) is 0.552. The first-order valence-electron chi connectivity index (χ1n) is 9.18. The number of hydrogen-bond acceptors (Lipinski definition) is 4. The van der Waals surface area contributed by atoms with Gasteiger partial charge >= 0.3 is 5.97 Å². The number of para-hydroxylation sites is 1. The van der Waals surface area contributed by atoms with E-state index in [0.29, 0.717) is 27.7 Å². The number of nitrogens with zero attached hydrogens (tertiary/aromatic N) is 2. The fourth-order valence-electron chi connectivity index (χ4n) is 2.67. The van der Waals surface area contributed by atoms with Gasteiger partial charge in [0.05, 0.1) is 36.4 Å². The number of ether oxygens (including phenoxy) is 1. The lowest BCUT2D eigenvalue weighted by molar-refractivity contribution is 0.0602. The number of carbonyl (C=O) groups is 1. The van der Waals surface area contributed by atoms with Crippen molar-refractivity contribution in [2.24, 2.45) is 0 Å². The minimum atomic E-state index is -0.453. The Morgan fingerprint density at radius 1 is 1.00 bits per heavy atom. The molecule has 0 unspecified atom stereocenters. The molecule has 2 aromatic carbocycles. The Bertz CT molecular complexity index is 913. The van der Waals surface area contributed by atoms with Gasteiger partial charge in [0.1, 0.15) is 0 Å². The zero-order valence-corrected chi connectivity index (χ0v) is 16.6. The predicted octanol–water partition coefficient (Wildman–Crippen LogP) is 5.81. The molecule has 3 aromatic rings. The topological polar surface area (TPSA) is 63.0 Å². The number of esters is 1. The van der Waals surface area contributed by atoms with E-state index < -0.39 is 5.97 Å². The average Bonchev–Trinajstić information content (AvgIpc) is 2.76. The summed E-state index contributed by atoms with van der Waals surface area (Å²) in [6, 6.07) is 19.1. The predicted molar refractivity (Wildman–Crippen MR) is 111 cm³/mol. The number of hydrogen-bond donors (Lipinski definition) is 0. The van der Waals surface area contributed by atoms with Crippen LogP contribution in [0.3, 0.4) is 0 Å². The molecule has 0 aliphatic heterocycles. The van der Waals surface area contributed by atoms with Gasteiger partial charge in [0, 0.05) is 16.5 Å². The zero-order valence-electron chi connectivity index (χ0n) is 16.6. The molecule has 1 aromatic heterocycles. The summed E-state index contributed by atoms with van der Waals surface area (Å²) in [5.41, 5.74) is 3.23. The SMILES string of the molecule is CC.CC.COC(=O)c1c(CC#N)c(-c2ccccc2)nc2ccccc12. The normalized spacial score (nSPS) is 9.19. The van der Waals surface area contributed by atoms with Crippen LogP contribution in [0.5, 0.6) is 0 Å². The third kappa shape index (κ3) is 4.92. The maximum atomic E-state index is 12.3. The van der Waals surface area contributed by atoms with Gasteiger partial charge < -0.3 is 4.74 Å². The first kappa shape index (κ1) is 21.9. The highest BCUT2D eigenvalue weighted by atomic mass is 16.5. The molecule has 0 fully saturated rings. The van der Waals surface area contributed by atoms with Crippen LogP contribution >= 0.6 is 0 Å². The Hall–Kier alpha value is -3.19. The molecule has 140 valence electrons. The summed E-state index contributed by atoms with van der Waals surface area (Å²) in [5, 5.41) is 9.91. The van der Waals surface area contributed by atoms with Crippen molar-refractivity contribution in [3.63, 3.8) is 0 Å². The van der Waals surface area contributed by atoms with E-state index >= 15 is 0 Å². The van der Waals surface area contributed by atoms with Crippen LogP contribution in [-0.4, -0.2) is 18.1 Å². The number of benzene rings is 2. The van der Waals surface area contributed by atoms with Gasteiger partial charge in [-0.3, -0.25) is 0 Å².